The molecule has 1 aliphatic rings. The van der Waals surface area contributed by atoms with Crippen LogP contribution in [0.5, 0.6) is 0 Å². The lowest BCUT2D eigenvalue weighted by molar-refractivity contribution is -0.149. The van der Waals surface area contributed by atoms with Gasteiger partial charge in [0.25, 0.3) is 0 Å². The van der Waals surface area contributed by atoms with Gasteiger partial charge in [0.1, 0.15) is 5.54 Å². The summed E-state index contributed by atoms with van der Waals surface area (Å²) >= 11 is 0. The van der Waals surface area contributed by atoms with E-state index in [0.717, 1.165) is 24.0 Å². The zero-order valence-corrected chi connectivity index (χ0v) is 11.5. The molecule has 0 spiro atoms. The van der Waals surface area contributed by atoms with Crippen LogP contribution in [0.4, 0.5) is 0 Å². The first kappa shape index (κ1) is 14.0. The lowest BCUT2D eigenvalue weighted by Gasteiger charge is -2.28. The summed E-state index contributed by atoms with van der Waals surface area (Å²) in [6.45, 7) is 2.59. The van der Waals surface area contributed by atoms with Crippen LogP contribution in [0.1, 0.15) is 30.9 Å². The van der Waals surface area contributed by atoms with Crippen molar-refractivity contribution in [2.24, 2.45) is 5.92 Å². The van der Waals surface area contributed by atoms with Gasteiger partial charge in [-0.2, -0.15) is 0 Å². The van der Waals surface area contributed by atoms with Gasteiger partial charge in [-0.1, -0.05) is 24.3 Å². The lowest BCUT2D eigenvalue weighted by atomic mass is 9.95. The maximum atomic E-state index is 11.9. The number of aliphatic hydroxyl groups excluding tert-OH is 1. The van der Waals surface area contributed by atoms with Crippen molar-refractivity contribution in [2.75, 3.05) is 7.11 Å². The molecule has 1 unspecified atom stereocenters. The summed E-state index contributed by atoms with van der Waals surface area (Å²) in [6, 6.07) is 7.71. The van der Waals surface area contributed by atoms with Gasteiger partial charge in [0.2, 0.25) is 0 Å². The normalized spacial score (nSPS) is 17.8. The first-order valence-electron chi connectivity index (χ1n) is 6.62. The summed E-state index contributed by atoms with van der Waals surface area (Å²) in [5.74, 6) is 0.179. The maximum Gasteiger partial charge on any atom is 0.326 e. The van der Waals surface area contributed by atoms with E-state index in [0.29, 0.717) is 12.5 Å². The molecular formula is C15H21NO3. The monoisotopic (exact) mass is 263 g/mol. The summed E-state index contributed by atoms with van der Waals surface area (Å²) in [4.78, 5) is 11.9. The van der Waals surface area contributed by atoms with Crippen LogP contribution in [-0.2, 0) is 22.7 Å². The quantitative estimate of drug-likeness (QED) is 0.766. The molecule has 1 atom stereocenters. The van der Waals surface area contributed by atoms with E-state index in [9.17, 15) is 4.79 Å². The number of aliphatic hydroxyl groups is 1. The van der Waals surface area contributed by atoms with Gasteiger partial charge in [-0.15, -0.1) is 0 Å². The molecule has 1 aromatic rings. The average molecular weight is 263 g/mol. The number of benzene rings is 1. The first-order valence-corrected chi connectivity index (χ1v) is 6.62. The second kappa shape index (κ2) is 5.72. The molecule has 19 heavy (non-hydrogen) atoms. The van der Waals surface area contributed by atoms with Gasteiger partial charge in [-0.05, 0) is 36.8 Å². The highest BCUT2D eigenvalue weighted by Gasteiger charge is 2.47. The topological polar surface area (TPSA) is 58.6 Å². The predicted octanol–water partition coefficient (Wildman–Crippen LogP) is 1.61. The Balaban J connectivity index is 2.00. The van der Waals surface area contributed by atoms with Gasteiger partial charge in [0, 0.05) is 6.54 Å². The number of methoxy groups -OCH3 is 1. The number of carbonyl (C=O) groups is 1. The summed E-state index contributed by atoms with van der Waals surface area (Å²) in [7, 11) is 1.43. The number of ether oxygens (including phenoxy) is 1. The highest BCUT2D eigenvalue weighted by atomic mass is 16.5. The van der Waals surface area contributed by atoms with Gasteiger partial charge < -0.3 is 9.84 Å². The lowest BCUT2D eigenvalue weighted by Crippen LogP contribution is -2.51. The van der Waals surface area contributed by atoms with E-state index >= 15 is 0 Å². The minimum Gasteiger partial charge on any atom is -0.468 e. The van der Waals surface area contributed by atoms with Crippen molar-refractivity contribution in [3.8, 4) is 0 Å². The van der Waals surface area contributed by atoms with Crippen LogP contribution in [0, 0.1) is 5.92 Å². The van der Waals surface area contributed by atoms with E-state index in [1.54, 1.807) is 0 Å². The number of hydrogen-bond donors (Lipinski definition) is 2. The van der Waals surface area contributed by atoms with Crippen LogP contribution in [-0.4, -0.2) is 23.7 Å². The molecule has 4 nitrogen and oxygen atoms in total. The Labute approximate surface area is 113 Å². The molecule has 2 rings (SSSR count). The highest BCUT2D eigenvalue weighted by Crippen LogP contribution is 2.40. The summed E-state index contributed by atoms with van der Waals surface area (Å²) in [6.07, 6.45) is 2.14. The Morgan fingerprint density at radius 3 is 2.42 bits per heavy atom. The number of carbonyl (C=O) groups excluding carboxylic acids is 1. The number of esters is 1. The van der Waals surface area contributed by atoms with Crippen LogP contribution in [0.3, 0.4) is 0 Å². The van der Waals surface area contributed by atoms with E-state index in [4.69, 9.17) is 9.84 Å². The Morgan fingerprint density at radius 1 is 1.37 bits per heavy atom. The van der Waals surface area contributed by atoms with E-state index in [1.807, 2.05) is 31.2 Å². The van der Waals surface area contributed by atoms with E-state index < -0.39 is 5.54 Å². The average Bonchev–Trinajstić information content (AvgIpc) is 3.29. The third-order valence-electron chi connectivity index (χ3n) is 3.87. The molecule has 0 aliphatic heterocycles. The number of nitrogens with one attached hydrogen (secondary N) is 1. The van der Waals surface area contributed by atoms with Crippen molar-refractivity contribution in [2.45, 2.75) is 38.5 Å². The van der Waals surface area contributed by atoms with Crippen LogP contribution in [0.15, 0.2) is 24.3 Å². The molecule has 1 aromatic carbocycles. The molecule has 0 radical (unpaired) electrons. The van der Waals surface area contributed by atoms with Crippen molar-refractivity contribution < 1.29 is 14.6 Å². The fourth-order valence-corrected chi connectivity index (χ4v) is 2.30. The molecule has 1 aliphatic carbocycles. The molecule has 0 amide bonds. The van der Waals surface area contributed by atoms with Gasteiger partial charge >= 0.3 is 5.97 Å². The van der Waals surface area contributed by atoms with Crippen LogP contribution in [0.2, 0.25) is 0 Å². The molecular weight excluding hydrogens is 242 g/mol. The zero-order valence-electron chi connectivity index (χ0n) is 11.5. The van der Waals surface area contributed by atoms with Gasteiger partial charge in [0.05, 0.1) is 13.7 Å². The highest BCUT2D eigenvalue weighted by molar-refractivity contribution is 5.81. The van der Waals surface area contributed by atoms with Crippen molar-refractivity contribution in [1.29, 1.82) is 0 Å². The Morgan fingerprint density at radius 2 is 1.95 bits per heavy atom. The van der Waals surface area contributed by atoms with Gasteiger partial charge in [-0.25, -0.2) is 0 Å². The molecule has 1 saturated carbocycles. The van der Waals surface area contributed by atoms with E-state index in [1.165, 1.54) is 7.11 Å². The van der Waals surface area contributed by atoms with Crippen molar-refractivity contribution in [3.63, 3.8) is 0 Å². The largest absolute Gasteiger partial charge is 0.468 e. The molecule has 0 heterocycles. The molecule has 2 N–H and O–H groups in total. The Bertz CT molecular complexity index is 439. The minimum atomic E-state index is -0.593. The second-order valence-electron chi connectivity index (χ2n) is 5.30. The summed E-state index contributed by atoms with van der Waals surface area (Å²) < 4.78 is 4.91. The first-order chi connectivity index (χ1) is 9.10. The van der Waals surface area contributed by atoms with Gasteiger partial charge in [-0.3, -0.25) is 10.1 Å². The molecule has 0 aromatic heterocycles. The van der Waals surface area contributed by atoms with Crippen LogP contribution >= 0.6 is 0 Å². The molecule has 4 heteroatoms. The van der Waals surface area contributed by atoms with E-state index in [2.05, 4.69) is 5.32 Å². The standard InChI is InChI=1S/C15H21NO3/c1-15(13-7-8-13,14(18)19-2)16-9-11-3-5-12(10-17)6-4-11/h3-6,13,16-17H,7-10H2,1-2H3. The Kier molecular flexibility index (Phi) is 4.22. The van der Waals surface area contributed by atoms with Crippen molar-refractivity contribution in [1.82, 2.24) is 5.32 Å². The van der Waals surface area contributed by atoms with E-state index in [-0.39, 0.29) is 12.6 Å². The second-order valence-corrected chi connectivity index (χ2v) is 5.30. The van der Waals surface area contributed by atoms with Gasteiger partial charge in [0.15, 0.2) is 0 Å². The van der Waals surface area contributed by atoms with Crippen molar-refractivity contribution >= 4 is 5.97 Å². The SMILES string of the molecule is COC(=O)C(C)(NCc1ccc(CO)cc1)C1CC1. The third-order valence-corrected chi connectivity index (χ3v) is 3.87. The fraction of sp³-hybridized carbons (Fsp3) is 0.533. The summed E-state index contributed by atoms with van der Waals surface area (Å²) in [5.41, 5.74) is 1.39. The predicted molar refractivity (Wildman–Crippen MR) is 72.3 cm³/mol. The fourth-order valence-electron chi connectivity index (χ4n) is 2.30. The molecule has 104 valence electrons. The maximum absolute atomic E-state index is 11.9. The summed E-state index contributed by atoms with van der Waals surface area (Å²) in [5, 5.41) is 12.3. The smallest absolute Gasteiger partial charge is 0.326 e. The molecule has 1 fully saturated rings. The third kappa shape index (κ3) is 3.14. The van der Waals surface area contributed by atoms with Crippen LogP contribution < -0.4 is 5.32 Å². The molecule has 0 bridgehead atoms. The molecule has 0 saturated heterocycles. The van der Waals surface area contributed by atoms with Crippen LogP contribution in [0.25, 0.3) is 0 Å². The Hall–Kier alpha value is -1.39. The number of rotatable bonds is 6. The van der Waals surface area contributed by atoms with Crippen molar-refractivity contribution in [3.05, 3.63) is 35.4 Å². The zero-order chi connectivity index (χ0) is 13.9. The number of hydrogen-bond acceptors (Lipinski definition) is 4. The minimum absolute atomic E-state index is 0.0512.